The number of likely N-dealkylation sites (tertiary alicyclic amines) is 1. The Bertz CT molecular complexity index is 702. The molecule has 1 aliphatic heterocycles. The molecule has 7 heteroatoms. The van der Waals surface area contributed by atoms with E-state index in [1.165, 1.54) is 25.9 Å². The van der Waals surface area contributed by atoms with Crippen molar-refractivity contribution in [1.29, 1.82) is 0 Å². The molecule has 2 aromatic rings. The summed E-state index contributed by atoms with van der Waals surface area (Å²) in [6.45, 7) is 3.65. The molecule has 3 rings (SSSR count). The average Bonchev–Trinajstić information content (AvgIpc) is 3.18. The molecule has 1 fully saturated rings. The maximum Gasteiger partial charge on any atom is 0.202 e. The minimum atomic E-state index is 0.398. The number of aromatic nitrogens is 3. The first-order chi connectivity index (χ1) is 11.2. The fraction of sp³-hybridized carbons (Fsp3) is 0.500. The zero-order valence-electron chi connectivity index (χ0n) is 13.6. The molecule has 0 radical (unpaired) electrons. The molecule has 23 heavy (non-hydrogen) atoms. The summed E-state index contributed by atoms with van der Waals surface area (Å²) in [7, 11) is 3.59. The number of rotatable bonds is 6. The summed E-state index contributed by atoms with van der Waals surface area (Å²) in [4.78, 5) is 1.54. The number of ether oxygens (including phenoxy) is 2. The third kappa shape index (κ3) is 3.73. The normalized spacial score (nSPS) is 15.0. The average molecular weight is 335 g/mol. The molecule has 1 N–H and O–H groups in total. The number of benzene rings is 1. The van der Waals surface area contributed by atoms with Crippen LogP contribution in [0.2, 0.25) is 0 Å². The second-order valence-corrected chi connectivity index (χ2v) is 6.20. The highest BCUT2D eigenvalue weighted by molar-refractivity contribution is 7.71. The molecule has 1 saturated heterocycles. The summed E-state index contributed by atoms with van der Waals surface area (Å²) in [5, 5.41) is 4.63. The van der Waals surface area contributed by atoms with Crippen molar-refractivity contribution >= 4 is 12.2 Å². The van der Waals surface area contributed by atoms with Crippen molar-refractivity contribution in [3.8, 4) is 11.5 Å². The third-order valence-corrected chi connectivity index (χ3v) is 4.73. The third-order valence-electron chi connectivity index (χ3n) is 4.24. The molecule has 0 bridgehead atoms. The first kappa shape index (κ1) is 16.0. The van der Waals surface area contributed by atoms with Gasteiger partial charge in [0.1, 0.15) is 18.1 Å². The van der Waals surface area contributed by atoms with Crippen LogP contribution in [-0.4, -0.2) is 34.5 Å². The highest BCUT2D eigenvalue weighted by atomic mass is 32.1. The molecular formula is C16H23N4O2S+. The topological polar surface area (TPSA) is 45.6 Å². The van der Waals surface area contributed by atoms with E-state index in [1.807, 2.05) is 40.6 Å². The smallest absolute Gasteiger partial charge is 0.202 e. The first-order valence-corrected chi connectivity index (χ1v) is 8.31. The molecule has 1 aliphatic rings. The van der Waals surface area contributed by atoms with Gasteiger partial charge in [-0.15, -0.1) is 5.10 Å². The summed E-state index contributed by atoms with van der Waals surface area (Å²) >= 11 is 5.49. The summed E-state index contributed by atoms with van der Waals surface area (Å²) in [5.74, 6) is 2.44. The maximum atomic E-state index is 5.81. The highest BCUT2D eigenvalue weighted by Gasteiger charge is 2.18. The lowest BCUT2D eigenvalue weighted by Gasteiger charge is -2.10. The van der Waals surface area contributed by atoms with E-state index < -0.39 is 0 Å². The Morgan fingerprint density at radius 2 is 1.83 bits per heavy atom. The van der Waals surface area contributed by atoms with Crippen LogP contribution < -0.4 is 14.4 Å². The second kappa shape index (κ2) is 7.14. The van der Waals surface area contributed by atoms with Crippen molar-refractivity contribution in [2.45, 2.75) is 26.1 Å². The van der Waals surface area contributed by atoms with Gasteiger partial charge in [-0.1, -0.05) is 0 Å². The molecule has 0 amide bonds. The number of nitrogens with zero attached hydrogens (tertiary/aromatic N) is 3. The Labute approximate surface area is 141 Å². The zero-order chi connectivity index (χ0) is 16.2. The fourth-order valence-electron chi connectivity index (χ4n) is 2.83. The van der Waals surface area contributed by atoms with Crippen LogP contribution >= 0.6 is 12.2 Å². The second-order valence-electron chi connectivity index (χ2n) is 5.84. The number of hydrogen-bond donors (Lipinski definition) is 1. The van der Waals surface area contributed by atoms with Gasteiger partial charge in [-0.05, 0) is 36.5 Å². The zero-order valence-corrected chi connectivity index (χ0v) is 14.4. The molecule has 0 unspecified atom stereocenters. The van der Waals surface area contributed by atoms with Crippen LogP contribution in [0.25, 0.3) is 0 Å². The summed E-state index contributed by atoms with van der Waals surface area (Å²) in [6.07, 6.45) is 2.59. The van der Waals surface area contributed by atoms with E-state index in [2.05, 4.69) is 5.10 Å². The van der Waals surface area contributed by atoms with Gasteiger partial charge in [-0.25, -0.2) is 0 Å². The SMILES string of the molecule is COc1ccc(OCc2nn(C[NH+]3CCCC3)c(=S)n2C)cc1. The van der Waals surface area contributed by atoms with Gasteiger partial charge in [0, 0.05) is 19.9 Å². The van der Waals surface area contributed by atoms with Crippen molar-refractivity contribution in [3.63, 3.8) is 0 Å². The van der Waals surface area contributed by atoms with Gasteiger partial charge in [0.2, 0.25) is 4.77 Å². The minimum Gasteiger partial charge on any atom is -0.497 e. The molecule has 2 heterocycles. The van der Waals surface area contributed by atoms with Crippen LogP contribution in [0, 0.1) is 4.77 Å². The van der Waals surface area contributed by atoms with Crippen molar-refractivity contribution in [3.05, 3.63) is 34.9 Å². The lowest BCUT2D eigenvalue weighted by molar-refractivity contribution is -0.911. The van der Waals surface area contributed by atoms with Gasteiger partial charge in [0.05, 0.1) is 20.2 Å². The Morgan fingerprint density at radius 3 is 2.48 bits per heavy atom. The van der Waals surface area contributed by atoms with Gasteiger partial charge in [-0.2, -0.15) is 4.68 Å². The van der Waals surface area contributed by atoms with Crippen molar-refractivity contribution in [2.24, 2.45) is 7.05 Å². The molecule has 6 nitrogen and oxygen atoms in total. The minimum absolute atomic E-state index is 0.398. The van der Waals surface area contributed by atoms with Crippen LogP contribution in [0.4, 0.5) is 0 Å². The maximum absolute atomic E-state index is 5.81. The standard InChI is InChI=1S/C16H22N4O2S/c1-18-15(11-22-14-7-5-13(21-2)6-8-14)17-20(16(18)23)12-19-9-3-4-10-19/h5-8H,3-4,9-12H2,1-2H3/p+1. The molecular weight excluding hydrogens is 312 g/mol. The number of nitrogens with one attached hydrogen (secondary N) is 1. The van der Waals surface area contributed by atoms with Crippen molar-refractivity contribution in [1.82, 2.24) is 14.3 Å². The highest BCUT2D eigenvalue weighted by Crippen LogP contribution is 2.17. The summed E-state index contributed by atoms with van der Waals surface area (Å²) < 4.78 is 15.5. The van der Waals surface area contributed by atoms with E-state index in [1.54, 1.807) is 12.0 Å². The van der Waals surface area contributed by atoms with E-state index in [0.29, 0.717) is 6.61 Å². The number of quaternary nitrogens is 1. The molecule has 1 aromatic heterocycles. The van der Waals surface area contributed by atoms with Crippen molar-refractivity contribution in [2.75, 3.05) is 20.2 Å². The van der Waals surface area contributed by atoms with E-state index in [0.717, 1.165) is 28.8 Å². The molecule has 124 valence electrons. The van der Waals surface area contributed by atoms with Crippen LogP contribution in [-0.2, 0) is 20.3 Å². The molecule has 1 aromatic carbocycles. The predicted octanol–water partition coefficient (Wildman–Crippen LogP) is 1.17. The van der Waals surface area contributed by atoms with Crippen LogP contribution in [0.5, 0.6) is 11.5 Å². The van der Waals surface area contributed by atoms with E-state index in [4.69, 9.17) is 21.7 Å². The quantitative estimate of drug-likeness (QED) is 0.805. The van der Waals surface area contributed by atoms with Crippen molar-refractivity contribution < 1.29 is 14.4 Å². The summed E-state index contributed by atoms with van der Waals surface area (Å²) in [5.41, 5.74) is 0. The van der Waals surface area contributed by atoms with Crippen LogP contribution in [0.3, 0.4) is 0 Å². The Morgan fingerprint density at radius 1 is 1.17 bits per heavy atom. The molecule has 0 atom stereocenters. The Hall–Kier alpha value is -1.86. The van der Waals surface area contributed by atoms with E-state index in [9.17, 15) is 0 Å². The monoisotopic (exact) mass is 335 g/mol. The van der Waals surface area contributed by atoms with Crippen LogP contribution in [0.1, 0.15) is 18.7 Å². The van der Waals surface area contributed by atoms with E-state index in [-0.39, 0.29) is 0 Å². The van der Waals surface area contributed by atoms with Gasteiger partial charge < -0.3 is 18.9 Å². The summed E-state index contributed by atoms with van der Waals surface area (Å²) in [6, 6.07) is 7.53. The van der Waals surface area contributed by atoms with Gasteiger partial charge in [0.15, 0.2) is 12.5 Å². The molecule has 0 saturated carbocycles. The van der Waals surface area contributed by atoms with Gasteiger partial charge in [0.25, 0.3) is 0 Å². The Kier molecular flexibility index (Phi) is 4.97. The van der Waals surface area contributed by atoms with Gasteiger partial charge in [-0.3, -0.25) is 0 Å². The first-order valence-electron chi connectivity index (χ1n) is 7.90. The molecule has 0 spiro atoms. The fourth-order valence-corrected chi connectivity index (χ4v) is 3.04. The van der Waals surface area contributed by atoms with E-state index >= 15 is 0 Å². The Balaban J connectivity index is 1.66. The lowest BCUT2D eigenvalue weighted by atomic mass is 10.3. The predicted molar refractivity (Wildman–Crippen MR) is 89.3 cm³/mol. The number of methoxy groups -OCH3 is 1. The van der Waals surface area contributed by atoms with Gasteiger partial charge >= 0.3 is 0 Å². The molecule has 0 aliphatic carbocycles. The lowest BCUT2D eigenvalue weighted by Crippen LogP contribution is -3.09. The van der Waals surface area contributed by atoms with Crippen LogP contribution in [0.15, 0.2) is 24.3 Å². The number of hydrogen-bond acceptors (Lipinski definition) is 4. The largest absolute Gasteiger partial charge is 0.497 e.